The lowest BCUT2D eigenvalue weighted by atomic mass is 10.0. The van der Waals surface area contributed by atoms with Crippen molar-refractivity contribution in [3.05, 3.63) is 48.4 Å². The van der Waals surface area contributed by atoms with Crippen molar-refractivity contribution in [1.29, 1.82) is 0 Å². The molecule has 0 aliphatic carbocycles. The van der Waals surface area contributed by atoms with Gasteiger partial charge in [-0.05, 0) is 57.2 Å². The van der Waals surface area contributed by atoms with Crippen LogP contribution in [0.15, 0.2) is 47.1 Å². The Balaban J connectivity index is 1.76. The molecule has 6 nitrogen and oxygen atoms in total. The van der Waals surface area contributed by atoms with Crippen molar-refractivity contribution in [2.45, 2.75) is 25.4 Å². The van der Waals surface area contributed by atoms with Gasteiger partial charge in [0.2, 0.25) is 0 Å². The van der Waals surface area contributed by atoms with Gasteiger partial charge in [-0.3, -0.25) is 0 Å². The van der Waals surface area contributed by atoms with Crippen molar-refractivity contribution in [2.75, 3.05) is 32.6 Å². The number of para-hydroxylation sites is 2. The molecular formula is C19H25N3O3. The zero-order valence-corrected chi connectivity index (χ0v) is 14.8. The quantitative estimate of drug-likeness (QED) is 0.904. The van der Waals surface area contributed by atoms with E-state index in [9.17, 15) is 4.79 Å². The number of amides is 2. The summed E-state index contributed by atoms with van der Waals surface area (Å²) in [4.78, 5) is 17.2. The highest BCUT2D eigenvalue weighted by molar-refractivity contribution is 5.91. The Hall–Kier alpha value is -2.47. The van der Waals surface area contributed by atoms with Crippen LogP contribution in [0.3, 0.4) is 0 Å². The molecule has 6 heteroatoms. The summed E-state index contributed by atoms with van der Waals surface area (Å²) in [5.74, 6) is 1.44. The van der Waals surface area contributed by atoms with Crippen molar-refractivity contribution < 1.29 is 13.9 Å². The van der Waals surface area contributed by atoms with Crippen LogP contribution in [0.4, 0.5) is 10.5 Å². The van der Waals surface area contributed by atoms with E-state index in [1.165, 1.54) is 0 Å². The second kappa shape index (κ2) is 8.07. The minimum Gasteiger partial charge on any atom is -0.495 e. The number of nitrogens with one attached hydrogen (secondary N) is 1. The summed E-state index contributed by atoms with van der Waals surface area (Å²) in [6, 6.07) is 11.2. The molecule has 25 heavy (non-hydrogen) atoms. The number of hydrogen-bond donors (Lipinski definition) is 1. The second-order valence-corrected chi connectivity index (χ2v) is 6.37. The summed E-state index contributed by atoms with van der Waals surface area (Å²) < 4.78 is 10.8. The SMILES string of the molecule is COc1ccccc1NC(=O)N(Cc1ccco1)C1CCN(C)CC1. The maximum absolute atomic E-state index is 13.0. The van der Waals surface area contributed by atoms with Gasteiger partial charge in [-0.25, -0.2) is 4.79 Å². The molecule has 2 amide bonds. The van der Waals surface area contributed by atoms with Crippen LogP contribution in [0.1, 0.15) is 18.6 Å². The van der Waals surface area contributed by atoms with Crippen LogP contribution in [0.25, 0.3) is 0 Å². The van der Waals surface area contributed by atoms with Gasteiger partial charge in [0, 0.05) is 6.04 Å². The minimum atomic E-state index is -0.129. The summed E-state index contributed by atoms with van der Waals surface area (Å²) in [6.07, 6.45) is 3.55. The van der Waals surface area contributed by atoms with Crippen LogP contribution >= 0.6 is 0 Å². The first-order valence-electron chi connectivity index (χ1n) is 8.59. The Morgan fingerprint density at radius 2 is 2.04 bits per heavy atom. The van der Waals surface area contributed by atoms with Crippen LogP contribution < -0.4 is 10.1 Å². The lowest BCUT2D eigenvalue weighted by Crippen LogP contribution is -2.47. The lowest BCUT2D eigenvalue weighted by molar-refractivity contribution is 0.130. The number of ether oxygens (including phenoxy) is 1. The Bertz CT molecular complexity index is 679. The highest BCUT2D eigenvalue weighted by Crippen LogP contribution is 2.25. The molecule has 0 radical (unpaired) electrons. The molecule has 1 N–H and O–H groups in total. The van der Waals surface area contributed by atoms with Gasteiger partial charge in [-0.15, -0.1) is 0 Å². The molecule has 3 rings (SSSR count). The average molecular weight is 343 g/mol. The van der Waals surface area contributed by atoms with Crippen molar-refractivity contribution in [3.8, 4) is 5.75 Å². The fourth-order valence-electron chi connectivity index (χ4n) is 3.18. The van der Waals surface area contributed by atoms with E-state index in [4.69, 9.17) is 9.15 Å². The molecule has 1 saturated heterocycles. The number of piperidine rings is 1. The number of furan rings is 1. The van der Waals surface area contributed by atoms with Gasteiger partial charge in [0.15, 0.2) is 0 Å². The molecule has 0 atom stereocenters. The van der Waals surface area contributed by atoms with Crippen molar-refractivity contribution in [3.63, 3.8) is 0 Å². The number of rotatable bonds is 5. The number of carbonyl (C=O) groups excluding carboxylic acids is 1. The van der Waals surface area contributed by atoms with Gasteiger partial charge in [-0.2, -0.15) is 0 Å². The molecule has 1 fully saturated rings. The van der Waals surface area contributed by atoms with Crippen LogP contribution in [0.5, 0.6) is 5.75 Å². The highest BCUT2D eigenvalue weighted by Gasteiger charge is 2.28. The van der Waals surface area contributed by atoms with Gasteiger partial charge >= 0.3 is 6.03 Å². The van der Waals surface area contributed by atoms with Crippen LogP contribution in [0.2, 0.25) is 0 Å². The second-order valence-electron chi connectivity index (χ2n) is 6.37. The Labute approximate surface area is 148 Å². The van der Waals surface area contributed by atoms with E-state index in [-0.39, 0.29) is 12.1 Å². The van der Waals surface area contributed by atoms with Gasteiger partial charge < -0.3 is 24.3 Å². The number of methoxy groups -OCH3 is 1. The Morgan fingerprint density at radius 1 is 1.28 bits per heavy atom. The first-order valence-corrected chi connectivity index (χ1v) is 8.59. The highest BCUT2D eigenvalue weighted by atomic mass is 16.5. The van der Waals surface area contributed by atoms with Crippen molar-refractivity contribution in [2.24, 2.45) is 0 Å². The summed E-state index contributed by atoms with van der Waals surface area (Å²) in [6.45, 7) is 2.44. The largest absolute Gasteiger partial charge is 0.495 e. The molecule has 0 spiro atoms. The van der Waals surface area contributed by atoms with E-state index in [1.807, 2.05) is 41.3 Å². The van der Waals surface area contributed by atoms with E-state index in [2.05, 4.69) is 17.3 Å². The molecule has 134 valence electrons. The molecule has 1 aliphatic heterocycles. The standard InChI is InChI=1S/C19H25N3O3/c1-21-11-9-15(10-12-21)22(14-16-6-5-13-25-16)19(23)20-17-7-3-4-8-18(17)24-2/h3-8,13,15H,9-12,14H2,1-2H3,(H,20,23). The van der Waals surface area contributed by atoms with E-state index in [0.717, 1.165) is 31.7 Å². The molecule has 2 aromatic rings. The van der Waals surface area contributed by atoms with Gasteiger partial charge in [0.25, 0.3) is 0 Å². The van der Waals surface area contributed by atoms with Gasteiger partial charge in [0.05, 0.1) is 25.6 Å². The predicted octanol–water partition coefficient (Wildman–Crippen LogP) is 3.42. The first kappa shape index (κ1) is 17.4. The van der Waals surface area contributed by atoms with E-state index in [1.54, 1.807) is 13.4 Å². The van der Waals surface area contributed by atoms with E-state index in [0.29, 0.717) is 18.0 Å². The molecule has 1 aromatic carbocycles. The van der Waals surface area contributed by atoms with Crippen LogP contribution in [0, 0.1) is 0 Å². The lowest BCUT2D eigenvalue weighted by Gasteiger charge is -2.37. The zero-order valence-electron chi connectivity index (χ0n) is 14.8. The number of benzene rings is 1. The van der Waals surface area contributed by atoms with Gasteiger partial charge in [-0.1, -0.05) is 12.1 Å². The number of carbonyl (C=O) groups is 1. The molecular weight excluding hydrogens is 318 g/mol. The molecule has 0 unspecified atom stereocenters. The van der Waals surface area contributed by atoms with Crippen LogP contribution in [-0.4, -0.2) is 49.1 Å². The molecule has 0 bridgehead atoms. The fourth-order valence-corrected chi connectivity index (χ4v) is 3.18. The Kier molecular flexibility index (Phi) is 5.60. The smallest absolute Gasteiger partial charge is 0.322 e. The summed E-state index contributed by atoms with van der Waals surface area (Å²) >= 11 is 0. The maximum atomic E-state index is 13.0. The number of nitrogens with zero attached hydrogens (tertiary/aromatic N) is 2. The number of hydrogen-bond acceptors (Lipinski definition) is 4. The summed E-state index contributed by atoms with van der Waals surface area (Å²) in [7, 11) is 3.71. The van der Waals surface area contributed by atoms with Crippen molar-refractivity contribution in [1.82, 2.24) is 9.80 Å². The minimum absolute atomic E-state index is 0.129. The zero-order chi connectivity index (χ0) is 17.6. The molecule has 1 aliphatic rings. The third-order valence-corrected chi connectivity index (χ3v) is 4.64. The Morgan fingerprint density at radius 3 is 2.72 bits per heavy atom. The fraction of sp³-hybridized carbons (Fsp3) is 0.421. The van der Waals surface area contributed by atoms with Gasteiger partial charge in [0.1, 0.15) is 11.5 Å². The van der Waals surface area contributed by atoms with Crippen LogP contribution in [-0.2, 0) is 6.54 Å². The number of likely N-dealkylation sites (tertiary alicyclic amines) is 1. The number of urea groups is 1. The maximum Gasteiger partial charge on any atom is 0.322 e. The topological polar surface area (TPSA) is 58.0 Å². The van der Waals surface area contributed by atoms with E-state index >= 15 is 0 Å². The predicted molar refractivity (Wildman–Crippen MR) is 96.8 cm³/mol. The first-order chi connectivity index (χ1) is 12.2. The number of anilines is 1. The van der Waals surface area contributed by atoms with E-state index < -0.39 is 0 Å². The summed E-state index contributed by atoms with van der Waals surface area (Å²) in [5, 5.41) is 2.99. The third kappa shape index (κ3) is 4.33. The molecule has 2 heterocycles. The molecule has 0 saturated carbocycles. The molecule has 1 aromatic heterocycles. The van der Waals surface area contributed by atoms with Crippen molar-refractivity contribution >= 4 is 11.7 Å². The average Bonchev–Trinajstić information content (AvgIpc) is 3.14. The monoisotopic (exact) mass is 343 g/mol. The normalized spacial score (nSPS) is 15.8. The third-order valence-electron chi connectivity index (χ3n) is 4.64. The summed E-state index contributed by atoms with van der Waals surface area (Å²) in [5.41, 5.74) is 0.673.